The minimum Gasteiger partial charge on any atom is -0.497 e. The van der Waals surface area contributed by atoms with Crippen molar-refractivity contribution in [2.24, 2.45) is 0 Å². The van der Waals surface area contributed by atoms with Crippen LogP contribution < -0.4 is 4.74 Å². The van der Waals surface area contributed by atoms with Crippen LogP contribution in [0.3, 0.4) is 0 Å². The number of nitrogens with zero attached hydrogens (tertiary/aromatic N) is 1. The van der Waals surface area contributed by atoms with E-state index in [1.54, 1.807) is 13.2 Å². The first-order chi connectivity index (χ1) is 14.0. The number of carbonyl (C=O) groups is 1. The molecule has 3 aromatic carbocycles. The van der Waals surface area contributed by atoms with Crippen LogP contribution >= 0.6 is 39.1 Å². The summed E-state index contributed by atoms with van der Waals surface area (Å²) >= 11 is 15.7. The van der Waals surface area contributed by atoms with Crippen LogP contribution in [0.25, 0.3) is 0 Å². The molecular formula is C23H20BrCl2NO2. The molecule has 0 unspecified atom stereocenters. The Morgan fingerprint density at radius 3 is 2.45 bits per heavy atom. The lowest BCUT2D eigenvalue weighted by Gasteiger charge is -2.24. The van der Waals surface area contributed by atoms with Crippen molar-refractivity contribution in [3.05, 3.63) is 97.9 Å². The summed E-state index contributed by atoms with van der Waals surface area (Å²) in [6.07, 6.45) is 0.631. The van der Waals surface area contributed by atoms with Crippen molar-refractivity contribution in [2.75, 3.05) is 13.7 Å². The zero-order valence-corrected chi connectivity index (χ0v) is 19.0. The molecule has 1 amide bonds. The monoisotopic (exact) mass is 491 g/mol. The van der Waals surface area contributed by atoms with Gasteiger partial charge in [0, 0.05) is 33.2 Å². The highest BCUT2D eigenvalue weighted by Crippen LogP contribution is 2.23. The Balaban J connectivity index is 1.82. The van der Waals surface area contributed by atoms with Crippen LogP contribution in [0.1, 0.15) is 21.5 Å². The van der Waals surface area contributed by atoms with Crippen molar-refractivity contribution in [1.82, 2.24) is 4.90 Å². The molecule has 0 aliphatic carbocycles. The minimum absolute atomic E-state index is 0.0350. The molecule has 150 valence electrons. The number of amides is 1. The molecule has 0 bridgehead atoms. The fraction of sp³-hybridized carbons (Fsp3) is 0.174. The molecule has 0 atom stereocenters. The second-order valence-corrected chi connectivity index (χ2v) is 8.33. The van der Waals surface area contributed by atoms with Crippen LogP contribution in [-0.2, 0) is 13.0 Å². The first-order valence-corrected chi connectivity index (χ1v) is 10.6. The third-order valence-electron chi connectivity index (χ3n) is 4.56. The van der Waals surface area contributed by atoms with Gasteiger partial charge in [-0.05, 0) is 60.0 Å². The van der Waals surface area contributed by atoms with E-state index in [9.17, 15) is 4.79 Å². The SMILES string of the molecule is COc1ccc(CN(CCc2ccc(Cl)cc2Cl)C(=O)c2cccc(Br)c2)cc1. The van der Waals surface area contributed by atoms with Gasteiger partial charge in [0.15, 0.2) is 0 Å². The molecule has 3 nitrogen and oxygen atoms in total. The zero-order chi connectivity index (χ0) is 20.8. The van der Waals surface area contributed by atoms with Gasteiger partial charge in [-0.3, -0.25) is 4.79 Å². The third-order valence-corrected chi connectivity index (χ3v) is 5.64. The molecule has 0 aliphatic rings. The van der Waals surface area contributed by atoms with Crippen molar-refractivity contribution in [1.29, 1.82) is 0 Å². The van der Waals surface area contributed by atoms with E-state index in [0.29, 0.717) is 35.1 Å². The molecule has 0 N–H and O–H groups in total. The van der Waals surface area contributed by atoms with Crippen molar-refractivity contribution in [3.63, 3.8) is 0 Å². The predicted molar refractivity (Wildman–Crippen MR) is 122 cm³/mol. The highest BCUT2D eigenvalue weighted by molar-refractivity contribution is 9.10. The number of carbonyl (C=O) groups excluding carboxylic acids is 1. The quantitative estimate of drug-likeness (QED) is 0.369. The second-order valence-electron chi connectivity index (χ2n) is 6.57. The summed E-state index contributed by atoms with van der Waals surface area (Å²) in [7, 11) is 1.63. The number of methoxy groups -OCH3 is 1. The van der Waals surface area contributed by atoms with Crippen LogP contribution in [0.4, 0.5) is 0 Å². The van der Waals surface area contributed by atoms with E-state index < -0.39 is 0 Å². The largest absolute Gasteiger partial charge is 0.497 e. The lowest BCUT2D eigenvalue weighted by atomic mass is 10.1. The normalized spacial score (nSPS) is 10.6. The average molecular weight is 493 g/mol. The molecule has 29 heavy (non-hydrogen) atoms. The van der Waals surface area contributed by atoms with Crippen LogP contribution in [-0.4, -0.2) is 24.5 Å². The minimum atomic E-state index is -0.0350. The van der Waals surface area contributed by atoms with Gasteiger partial charge in [0.1, 0.15) is 5.75 Å². The molecular weight excluding hydrogens is 473 g/mol. The van der Waals surface area contributed by atoms with Crippen LogP contribution in [0.5, 0.6) is 5.75 Å². The van der Waals surface area contributed by atoms with E-state index in [2.05, 4.69) is 15.9 Å². The van der Waals surface area contributed by atoms with Crippen LogP contribution in [0.2, 0.25) is 10.0 Å². The number of rotatable bonds is 7. The van der Waals surface area contributed by atoms with Gasteiger partial charge in [-0.1, -0.05) is 63.4 Å². The van der Waals surface area contributed by atoms with Crippen molar-refractivity contribution >= 4 is 45.0 Å². The molecule has 3 rings (SSSR count). The Hall–Kier alpha value is -2.01. The van der Waals surface area contributed by atoms with Gasteiger partial charge >= 0.3 is 0 Å². The van der Waals surface area contributed by atoms with Gasteiger partial charge in [-0.15, -0.1) is 0 Å². The third kappa shape index (κ3) is 5.99. The number of hydrogen-bond acceptors (Lipinski definition) is 2. The van der Waals surface area contributed by atoms with E-state index in [1.807, 2.05) is 65.6 Å². The topological polar surface area (TPSA) is 29.5 Å². The van der Waals surface area contributed by atoms with Gasteiger partial charge in [-0.2, -0.15) is 0 Å². The summed E-state index contributed by atoms with van der Waals surface area (Å²) in [6.45, 7) is 1.01. The first kappa shape index (κ1) is 21.7. The maximum absolute atomic E-state index is 13.2. The van der Waals surface area contributed by atoms with E-state index in [0.717, 1.165) is 21.3 Å². The van der Waals surface area contributed by atoms with E-state index in [4.69, 9.17) is 27.9 Å². The summed E-state index contributed by atoms with van der Waals surface area (Å²) < 4.78 is 6.09. The Kier molecular flexibility index (Phi) is 7.59. The van der Waals surface area contributed by atoms with Crippen molar-refractivity contribution in [2.45, 2.75) is 13.0 Å². The number of benzene rings is 3. The number of hydrogen-bond donors (Lipinski definition) is 0. The summed E-state index contributed by atoms with van der Waals surface area (Å²) in [4.78, 5) is 15.0. The van der Waals surface area contributed by atoms with Crippen molar-refractivity contribution in [3.8, 4) is 5.75 Å². The fourth-order valence-corrected chi connectivity index (χ4v) is 3.89. The lowest BCUT2D eigenvalue weighted by Crippen LogP contribution is -2.32. The summed E-state index contributed by atoms with van der Waals surface area (Å²) in [5.74, 6) is 0.749. The Morgan fingerprint density at radius 2 is 1.79 bits per heavy atom. The lowest BCUT2D eigenvalue weighted by molar-refractivity contribution is 0.0745. The maximum Gasteiger partial charge on any atom is 0.254 e. The van der Waals surface area contributed by atoms with Gasteiger partial charge in [0.25, 0.3) is 5.91 Å². The van der Waals surface area contributed by atoms with Gasteiger partial charge in [0.2, 0.25) is 0 Å². The molecule has 0 saturated carbocycles. The summed E-state index contributed by atoms with van der Waals surface area (Å²) in [5, 5.41) is 1.20. The maximum atomic E-state index is 13.2. The number of ether oxygens (including phenoxy) is 1. The molecule has 0 aliphatic heterocycles. The second kappa shape index (κ2) is 10.1. The smallest absolute Gasteiger partial charge is 0.254 e. The van der Waals surface area contributed by atoms with Gasteiger partial charge in [-0.25, -0.2) is 0 Å². The molecule has 6 heteroatoms. The predicted octanol–water partition coefficient (Wildman–Crippen LogP) is 6.65. The van der Waals surface area contributed by atoms with Gasteiger partial charge < -0.3 is 9.64 Å². The van der Waals surface area contributed by atoms with Crippen molar-refractivity contribution < 1.29 is 9.53 Å². The first-order valence-electron chi connectivity index (χ1n) is 9.08. The van der Waals surface area contributed by atoms with E-state index >= 15 is 0 Å². The zero-order valence-electron chi connectivity index (χ0n) is 15.9. The summed E-state index contributed by atoms with van der Waals surface area (Å²) in [5.41, 5.74) is 2.62. The molecule has 0 fully saturated rings. The summed E-state index contributed by atoms with van der Waals surface area (Å²) in [6, 6.07) is 20.6. The Morgan fingerprint density at radius 1 is 1.03 bits per heavy atom. The Labute approximate surface area is 189 Å². The fourth-order valence-electron chi connectivity index (χ4n) is 2.99. The van der Waals surface area contributed by atoms with Gasteiger partial charge in [0.05, 0.1) is 7.11 Å². The number of halogens is 3. The average Bonchev–Trinajstić information content (AvgIpc) is 2.72. The molecule has 3 aromatic rings. The molecule has 0 spiro atoms. The molecule has 0 heterocycles. The van der Waals surface area contributed by atoms with E-state index in [1.165, 1.54) is 0 Å². The Bertz CT molecular complexity index is 992. The highest BCUT2D eigenvalue weighted by Gasteiger charge is 2.17. The molecule has 0 aromatic heterocycles. The highest BCUT2D eigenvalue weighted by atomic mass is 79.9. The van der Waals surface area contributed by atoms with Crippen LogP contribution in [0, 0.1) is 0 Å². The molecule has 0 saturated heterocycles. The standard InChI is InChI=1S/C23H20BrCl2NO2/c1-29-21-9-5-16(6-10-21)15-27(23(28)18-3-2-4-19(24)13-18)12-11-17-7-8-20(25)14-22(17)26/h2-10,13-14H,11-12,15H2,1H3. The molecule has 0 radical (unpaired) electrons. The van der Waals surface area contributed by atoms with E-state index in [-0.39, 0.29) is 5.91 Å². The van der Waals surface area contributed by atoms with Crippen LogP contribution in [0.15, 0.2) is 71.2 Å².